The molecule has 0 aliphatic rings. The number of rotatable bonds is 1. The van der Waals surface area contributed by atoms with E-state index in [0.29, 0.717) is 11.0 Å². The Morgan fingerprint density at radius 2 is 1.70 bits per heavy atom. The Morgan fingerprint density at radius 3 is 2.40 bits per heavy atom. The third-order valence-electron chi connectivity index (χ3n) is 3.52. The molecular formula is C17H13BO2. The highest BCUT2D eigenvalue weighted by Gasteiger charge is 2.11. The monoisotopic (exact) mass is 260 g/mol. The summed E-state index contributed by atoms with van der Waals surface area (Å²) in [4.78, 5) is 11.8. The van der Waals surface area contributed by atoms with Gasteiger partial charge in [0.1, 0.15) is 13.4 Å². The molecule has 3 heteroatoms. The highest BCUT2D eigenvalue weighted by Crippen LogP contribution is 2.31. The van der Waals surface area contributed by atoms with E-state index in [2.05, 4.69) is 0 Å². The Labute approximate surface area is 118 Å². The second kappa shape index (κ2) is 4.67. The number of hydrogen-bond acceptors (Lipinski definition) is 2. The third-order valence-corrected chi connectivity index (χ3v) is 3.52. The SMILES string of the molecule is [B]c1ccc2c(-c3c(C)cccc3C)cc(=O)oc2c1. The van der Waals surface area contributed by atoms with Crippen molar-refractivity contribution in [3.05, 3.63) is 64.0 Å². The molecular weight excluding hydrogens is 247 g/mol. The topological polar surface area (TPSA) is 30.2 Å². The first-order valence-corrected chi connectivity index (χ1v) is 6.46. The first-order valence-electron chi connectivity index (χ1n) is 6.46. The molecule has 0 aliphatic heterocycles. The maximum absolute atomic E-state index is 11.8. The van der Waals surface area contributed by atoms with Crippen molar-refractivity contribution < 1.29 is 4.42 Å². The van der Waals surface area contributed by atoms with Crippen LogP contribution in [-0.2, 0) is 0 Å². The first kappa shape index (κ1) is 12.7. The lowest BCUT2D eigenvalue weighted by molar-refractivity contribution is 0.562. The van der Waals surface area contributed by atoms with Gasteiger partial charge in [0.15, 0.2) is 0 Å². The van der Waals surface area contributed by atoms with Gasteiger partial charge in [0.05, 0.1) is 0 Å². The molecule has 3 aromatic rings. The van der Waals surface area contributed by atoms with E-state index in [4.69, 9.17) is 12.3 Å². The van der Waals surface area contributed by atoms with Crippen LogP contribution in [0.25, 0.3) is 22.1 Å². The fourth-order valence-electron chi connectivity index (χ4n) is 2.63. The van der Waals surface area contributed by atoms with Crippen molar-refractivity contribution in [2.45, 2.75) is 13.8 Å². The molecule has 2 nitrogen and oxygen atoms in total. The van der Waals surface area contributed by atoms with Crippen molar-refractivity contribution in [2.24, 2.45) is 0 Å². The summed E-state index contributed by atoms with van der Waals surface area (Å²) in [5, 5.41) is 0.899. The van der Waals surface area contributed by atoms with Gasteiger partial charge in [-0.3, -0.25) is 0 Å². The summed E-state index contributed by atoms with van der Waals surface area (Å²) >= 11 is 0. The van der Waals surface area contributed by atoms with E-state index in [0.717, 1.165) is 27.6 Å². The average molecular weight is 260 g/mol. The highest BCUT2D eigenvalue weighted by atomic mass is 16.4. The van der Waals surface area contributed by atoms with Gasteiger partial charge in [0, 0.05) is 17.0 Å². The maximum atomic E-state index is 11.8. The Hall–Kier alpha value is -2.29. The molecule has 1 heterocycles. The predicted molar refractivity (Wildman–Crippen MR) is 82.8 cm³/mol. The van der Waals surface area contributed by atoms with Gasteiger partial charge in [-0.25, -0.2) is 4.79 Å². The van der Waals surface area contributed by atoms with Gasteiger partial charge in [0.2, 0.25) is 0 Å². The summed E-state index contributed by atoms with van der Waals surface area (Å²) in [6.45, 7) is 4.08. The Kier molecular flexibility index (Phi) is 2.98. The maximum Gasteiger partial charge on any atom is 0.336 e. The molecule has 20 heavy (non-hydrogen) atoms. The molecule has 0 saturated heterocycles. The van der Waals surface area contributed by atoms with Crippen LogP contribution in [0.4, 0.5) is 0 Å². The third kappa shape index (κ3) is 2.05. The number of aryl methyl sites for hydroxylation is 2. The van der Waals surface area contributed by atoms with Crippen LogP contribution in [0.5, 0.6) is 0 Å². The minimum Gasteiger partial charge on any atom is -0.423 e. The molecule has 3 rings (SSSR count). The van der Waals surface area contributed by atoms with E-state index < -0.39 is 0 Å². The zero-order chi connectivity index (χ0) is 14.3. The molecule has 0 unspecified atom stereocenters. The molecule has 0 spiro atoms. The van der Waals surface area contributed by atoms with Crippen LogP contribution in [0.15, 0.2) is 51.7 Å². The average Bonchev–Trinajstić information content (AvgIpc) is 2.37. The summed E-state index contributed by atoms with van der Waals surface area (Å²) in [5.74, 6) is 0. The van der Waals surface area contributed by atoms with Gasteiger partial charge in [-0.2, -0.15) is 0 Å². The van der Waals surface area contributed by atoms with Crippen LogP contribution in [0.1, 0.15) is 11.1 Å². The first-order chi connectivity index (χ1) is 9.56. The van der Waals surface area contributed by atoms with Crippen molar-refractivity contribution >= 4 is 24.3 Å². The van der Waals surface area contributed by atoms with E-state index in [1.807, 2.05) is 44.2 Å². The zero-order valence-electron chi connectivity index (χ0n) is 11.4. The van der Waals surface area contributed by atoms with Gasteiger partial charge in [-0.15, -0.1) is 0 Å². The molecule has 0 aliphatic carbocycles. The Bertz CT molecular complexity index is 842. The fourth-order valence-corrected chi connectivity index (χ4v) is 2.63. The van der Waals surface area contributed by atoms with Crippen molar-refractivity contribution in [2.75, 3.05) is 0 Å². The van der Waals surface area contributed by atoms with Gasteiger partial charge in [-0.05, 0) is 36.6 Å². The number of fused-ring (bicyclic) bond motifs is 1. The van der Waals surface area contributed by atoms with E-state index in [9.17, 15) is 4.79 Å². The summed E-state index contributed by atoms with van der Waals surface area (Å²) in [7, 11) is 5.76. The van der Waals surface area contributed by atoms with E-state index in [1.165, 1.54) is 0 Å². The van der Waals surface area contributed by atoms with Gasteiger partial charge < -0.3 is 4.42 Å². The molecule has 0 amide bonds. The molecule has 1 aromatic heterocycles. The van der Waals surface area contributed by atoms with Gasteiger partial charge >= 0.3 is 5.63 Å². The second-order valence-corrected chi connectivity index (χ2v) is 5.00. The molecule has 0 fully saturated rings. The van der Waals surface area contributed by atoms with Gasteiger partial charge in [-0.1, -0.05) is 35.8 Å². The van der Waals surface area contributed by atoms with Crippen molar-refractivity contribution in [3.63, 3.8) is 0 Å². The molecule has 2 aromatic carbocycles. The van der Waals surface area contributed by atoms with Crippen LogP contribution in [-0.4, -0.2) is 7.85 Å². The summed E-state index contributed by atoms with van der Waals surface area (Å²) < 4.78 is 5.25. The molecule has 96 valence electrons. The van der Waals surface area contributed by atoms with Crippen molar-refractivity contribution in [1.29, 1.82) is 0 Å². The van der Waals surface area contributed by atoms with E-state index in [1.54, 1.807) is 12.1 Å². The summed E-state index contributed by atoms with van der Waals surface area (Å²) in [5.41, 5.74) is 4.99. The summed E-state index contributed by atoms with van der Waals surface area (Å²) in [6, 6.07) is 13.1. The molecule has 0 N–H and O–H groups in total. The van der Waals surface area contributed by atoms with Gasteiger partial charge in [0.25, 0.3) is 0 Å². The predicted octanol–water partition coefficient (Wildman–Crippen LogP) is 2.87. The number of benzene rings is 2. The fraction of sp³-hybridized carbons (Fsp3) is 0.118. The van der Waals surface area contributed by atoms with Crippen LogP contribution in [0.3, 0.4) is 0 Å². The number of hydrogen-bond donors (Lipinski definition) is 0. The lowest BCUT2D eigenvalue weighted by Gasteiger charge is -2.12. The highest BCUT2D eigenvalue weighted by molar-refractivity contribution is 6.33. The van der Waals surface area contributed by atoms with Crippen molar-refractivity contribution in [1.82, 2.24) is 0 Å². The zero-order valence-corrected chi connectivity index (χ0v) is 11.4. The molecule has 0 saturated carbocycles. The lowest BCUT2D eigenvalue weighted by Crippen LogP contribution is -2.04. The second-order valence-electron chi connectivity index (χ2n) is 5.00. The largest absolute Gasteiger partial charge is 0.423 e. The van der Waals surface area contributed by atoms with Crippen LogP contribution in [0.2, 0.25) is 0 Å². The standard InChI is InChI=1S/C17H13BO2/c1-10-4-3-5-11(2)17(10)14-9-16(19)20-15-8-12(18)6-7-13(14)15/h3-9H,1-2H3. The lowest BCUT2D eigenvalue weighted by atomic mass is 9.91. The van der Waals surface area contributed by atoms with Crippen LogP contribution in [0, 0.1) is 13.8 Å². The minimum absolute atomic E-state index is 0.360. The summed E-state index contributed by atoms with van der Waals surface area (Å²) in [6.07, 6.45) is 0. The smallest absolute Gasteiger partial charge is 0.336 e. The molecule has 0 bridgehead atoms. The van der Waals surface area contributed by atoms with E-state index >= 15 is 0 Å². The van der Waals surface area contributed by atoms with Crippen molar-refractivity contribution in [3.8, 4) is 11.1 Å². The van der Waals surface area contributed by atoms with Crippen LogP contribution >= 0.6 is 0 Å². The quantitative estimate of drug-likeness (QED) is 0.497. The van der Waals surface area contributed by atoms with Crippen LogP contribution < -0.4 is 11.1 Å². The Balaban J connectivity index is 2.45. The molecule has 2 radical (unpaired) electrons. The minimum atomic E-state index is -0.360. The molecule has 0 atom stereocenters. The van der Waals surface area contributed by atoms with E-state index in [-0.39, 0.29) is 5.63 Å². The Morgan fingerprint density at radius 1 is 1.00 bits per heavy atom. The normalized spacial score (nSPS) is 10.9.